The van der Waals surface area contributed by atoms with Crippen molar-refractivity contribution in [3.8, 4) is 0 Å². The first kappa shape index (κ1) is 16.4. The normalized spacial score (nSPS) is 19.9. The van der Waals surface area contributed by atoms with E-state index in [1.54, 1.807) is 0 Å². The molecule has 0 radical (unpaired) electrons. The van der Waals surface area contributed by atoms with Crippen LogP contribution in [0.2, 0.25) is 0 Å². The average Bonchev–Trinajstić information content (AvgIpc) is 2.11. The van der Waals surface area contributed by atoms with Gasteiger partial charge in [0.2, 0.25) is 5.91 Å². The number of rotatable bonds is 6. The molecule has 0 bridgehead atoms. The summed E-state index contributed by atoms with van der Waals surface area (Å²) in [5.41, 5.74) is 6.40. The number of nitrogens with one attached hydrogen (secondary N) is 1. The molecule has 1 rings (SSSR count). The summed E-state index contributed by atoms with van der Waals surface area (Å²) in [7, 11) is 4.19. The predicted molar refractivity (Wildman–Crippen MR) is 79.9 cm³/mol. The highest BCUT2D eigenvalue weighted by molar-refractivity contribution is 5.76. The van der Waals surface area contributed by atoms with Crippen LogP contribution in [0.3, 0.4) is 0 Å². The average molecular weight is 269 g/mol. The molecule has 1 atom stereocenters. The van der Waals surface area contributed by atoms with Crippen LogP contribution in [0.15, 0.2) is 0 Å². The zero-order valence-electron chi connectivity index (χ0n) is 13.3. The van der Waals surface area contributed by atoms with Crippen LogP contribution in [0, 0.1) is 5.41 Å². The fraction of sp³-hybridized carbons (Fsp3) is 0.933. The van der Waals surface area contributed by atoms with Gasteiger partial charge in [0, 0.05) is 24.5 Å². The molecule has 1 amide bonds. The zero-order valence-corrected chi connectivity index (χ0v) is 13.3. The topological polar surface area (TPSA) is 58.4 Å². The minimum absolute atomic E-state index is 0.0447. The molecular weight excluding hydrogens is 238 g/mol. The molecule has 0 heterocycles. The van der Waals surface area contributed by atoms with Crippen molar-refractivity contribution in [3.63, 3.8) is 0 Å². The molecule has 0 aromatic rings. The number of hydrogen-bond acceptors (Lipinski definition) is 3. The minimum atomic E-state index is -0.0447. The van der Waals surface area contributed by atoms with Crippen molar-refractivity contribution in [2.75, 3.05) is 20.6 Å². The van der Waals surface area contributed by atoms with Gasteiger partial charge in [-0.1, -0.05) is 20.8 Å². The van der Waals surface area contributed by atoms with E-state index in [0.29, 0.717) is 6.42 Å². The lowest BCUT2D eigenvalue weighted by atomic mass is 9.75. The maximum Gasteiger partial charge on any atom is 0.221 e. The van der Waals surface area contributed by atoms with Crippen molar-refractivity contribution in [1.29, 1.82) is 0 Å². The lowest BCUT2D eigenvalue weighted by Gasteiger charge is -2.47. The Morgan fingerprint density at radius 2 is 1.95 bits per heavy atom. The van der Waals surface area contributed by atoms with Gasteiger partial charge in [0.05, 0.1) is 0 Å². The fourth-order valence-electron chi connectivity index (χ4n) is 2.80. The number of nitrogens with zero attached hydrogens (tertiary/aromatic N) is 1. The second-order valence-electron chi connectivity index (χ2n) is 7.48. The van der Waals surface area contributed by atoms with Crippen molar-refractivity contribution >= 4 is 5.91 Å². The Kier molecular flexibility index (Phi) is 5.39. The van der Waals surface area contributed by atoms with Gasteiger partial charge in [-0.05, 0) is 45.2 Å². The highest BCUT2D eigenvalue weighted by atomic mass is 16.1. The molecule has 0 saturated heterocycles. The van der Waals surface area contributed by atoms with Crippen LogP contribution in [-0.4, -0.2) is 43.0 Å². The monoisotopic (exact) mass is 269 g/mol. The molecule has 0 aromatic heterocycles. The SMILES string of the molecule is CN(C)C1(CNC(=O)CC(N)CC(C)(C)C)CCC1. The largest absolute Gasteiger partial charge is 0.354 e. The van der Waals surface area contributed by atoms with E-state index < -0.39 is 0 Å². The molecule has 4 nitrogen and oxygen atoms in total. The third-order valence-electron chi connectivity index (χ3n) is 4.17. The Morgan fingerprint density at radius 1 is 1.37 bits per heavy atom. The standard InChI is InChI=1S/C15H31N3O/c1-14(2,3)10-12(16)9-13(19)17-11-15(18(4)5)7-6-8-15/h12H,6-11,16H2,1-5H3,(H,17,19). The molecule has 1 aliphatic rings. The third kappa shape index (κ3) is 5.11. The van der Waals surface area contributed by atoms with E-state index in [1.807, 2.05) is 0 Å². The quantitative estimate of drug-likeness (QED) is 0.772. The molecule has 1 aliphatic carbocycles. The maximum absolute atomic E-state index is 11.9. The van der Waals surface area contributed by atoms with Gasteiger partial charge in [0.1, 0.15) is 0 Å². The molecule has 1 unspecified atom stereocenters. The van der Waals surface area contributed by atoms with Crippen LogP contribution in [0.4, 0.5) is 0 Å². The van der Waals surface area contributed by atoms with E-state index in [4.69, 9.17) is 5.73 Å². The number of amides is 1. The second-order valence-corrected chi connectivity index (χ2v) is 7.48. The van der Waals surface area contributed by atoms with Gasteiger partial charge >= 0.3 is 0 Å². The van der Waals surface area contributed by atoms with Crippen LogP contribution in [0.25, 0.3) is 0 Å². The molecule has 0 aliphatic heterocycles. The van der Waals surface area contributed by atoms with Crippen molar-refractivity contribution in [3.05, 3.63) is 0 Å². The van der Waals surface area contributed by atoms with Crippen molar-refractivity contribution in [1.82, 2.24) is 10.2 Å². The number of nitrogens with two attached hydrogens (primary N) is 1. The summed E-state index contributed by atoms with van der Waals surface area (Å²) in [6.45, 7) is 7.21. The van der Waals surface area contributed by atoms with Crippen molar-refractivity contribution in [2.24, 2.45) is 11.1 Å². The van der Waals surface area contributed by atoms with E-state index in [1.165, 1.54) is 19.3 Å². The molecule has 0 spiro atoms. The zero-order chi connectivity index (χ0) is 14.7. The van der Waals surface area contributed by atoms with E-state index in [-0.39, 0.29) is 22.9 Å². The number of hydrogen-bond donors (Lipinski definition) is 2. The van der Waals surface area contributed by atoms with Crippen LogP contribution in [-0.2, 0) is 4.79 Å². The lowest BCUT2D eigenvalue weighted by molar-refractivity contribution is -0.122. The van der Waals surface area contributed by atoms with Gasteiger partial charge in [0.15, 0.2) is 0 Å². The summed E-state index contributed by atoms with van der Waals surface area (Å²) in [5, 5.41) is 3.06. The minimum Gasteiger partial charge on any atom is -0.354 e. The number of likely N-dealkylation sites (N-methyl/N-ethyl adjacent to an activating group) is 1. The fourth-order valence-corrected chi connectivity index (χ4v) is 2.80. The van der Waals surface area contributed by atoms with Crippen LogP contribution >= 0.6 is 0 Å². The maximum atomic E-state index is 11.9. The molecular formula is C15H31N3O. The first-order valence-electron chi connectivity index (χ1n) is 7.34. The first-order chi connectivity index (χ1) is 8.65. The third-order valence-corrected chi connectivity index (χ3v) is 4.17. The molecule has 4 heteroatoms. The first-order valence-corrected chi connectivity index (χ1v) is 7.34. The molecule has 19 heavy (non-hydrogen) atoms. The summed E-state index contributed by atoms with van der Waals surface area (Å²) < 4.78 is 0. The van der Waals surface area contributed by atoms with E-state index in [0.717, 1.165) is 13.0 Å². The van der Waals surface area contributed by atoms with E-state index in [2.05, 4.69) is 45.1 Å². The Balaban J connectivity index is 2.32. The Hall–Kier alpha value is -0.610. The van der Waals surface area contributed by atoms with Crippen molar-refractivity contribution < 1.29 is 4.79 Å². The molecule has 0 aromatic carbocycles. The molecule has 112 valence electrons. The van der Waals surface area contributed by atoms with Crippen LogP contribution in [0.5, 0.6) is 0 Å². The number of carbonyl (C=O) groups is 1. The summed E-state index contributed by atoms with van der Waals surface area (Å²) in [6.07, 6.45) is 4.92. The second kappa shape index (κ2) is 6.23. The van der Waals surface area contributed by atoms with Crippen LogP contribution < -0.4 is 11.1 Å². The van der Waals surface area contributed by atoms with Gasteiger partial charge in [-0.3, -0.25) is 4.79 Å². The van der Waals surface area contributed by atoms with Crippen molar-refractivity contribution in [2.45, 2.75) is 64.5 Å². The van der Waals surface area contributed by atoms with Gasteiger partial charge in [0.25, 0.3) is 0 Å². The van der Waals surface area contributed by atoms with Gasteiger partial charge < -0.3 is 16.0 Å². The van der Waals surface area contributed by atoms with Gasteiger partial charge in [-0.2, -0.15) is 0 Å². The predicted octanol–water partition coefficient (Wildman–Crippen LogP) is 1.74. The Morgan fingerprint density at radius 3 is 2.32 bits per heavy atom. The smallest absolute Gasteiger partial charge is 0.221 e. The molecule has 1 saturated carbocycles. The Labute approximate surface area is 118 Å². The summed E-state index contributed by atoms with van der Waals surface area (Å²) in [5.74, 6) is 0.0878. The molecule has 1 fully saturated rings. The van der Waals surface area contributed by atoms with Gasteiger partial charge in [-0.15, -0.1) is 0 Å². The highest BCUT2D eigenvalue weighted by Crippen LogP contribution is 2.35. The number of carbonyl (C=O) groups excluding carboxylic acids is 1. The summed E-state index contributed by atoms with van der Waals surface area (Å²) >= 11 is 0. The van der Waals surface area contributed by atoms with E-state index in [9.17, 15) is 4.79 Å². The highest BCUT2D eigenvalue weighted by Gasteiger charge is 2.39. The summed E-state index contributed by atoms with van der Waals surface area (Å²) in [6, 6.07) is -0.0447. The Bertz CT molecular complexity index is 303. The van der Waals surface area contributed by atoms with Gasteiger partial charge in [-0.25, -0.2) is 0 Å². The molecule has 3 N–H and O–H groups in total. The van der Waals surface area contributed by atoms with E-state index >= 15 is 0 Å². The lowest BCUT2D eigenvalue weighted by Crippen LogP contribution is -2.57. The van der Waals surface area contributed by atoms with Crippen LogP contribution in [0.1, 0.15) is 52.9 Å². The summed E-state index contributed by atoms with van der Waals surface area (Å²) in [4.78, 5) is 14.2.